The number of nitrogens with one attached hydrogen (secondary N) is 1. The van der Waals surface area contributed by atoms with Crippen LogP contribution in [0.3, 0.4) is 0 Å². The van der Waals surface area contributed by atoms with Gasteiger partial charge in [0.15, 0.2) is 0 Å². The summed E-state index contributed by atoms with van der Waals surface area (Å²) >= 11 is 0. The van der Waals surface area contributed by atoms with Crippen LogP contribution in [-0.2, 0) is 0 Å². The average Bonchev–Trinajstić information content (AvgIpc) is 2.40. The van der Waals surface area contributed by atoms with Crippen LogP contribution in [0.25, 0.3) is 0 Å². The van der Waals surface area contributed by atoms with Crippen molar-refractivity contribution in [3.63, 3.8) is 0 Å². The lowest BCUT2D eigenvalue weighted by Gasteiger charge is -2.34. The molecule has 7 heteroatoms. The molecule has 0 radical (unpaired) electrons. The third-order valence-electron chi connectivity index (χ3n) is 3.16. The van der Waals surface area contributed by atoms with Crippen molar-refractivity contribution >= 4 is 24.8 Å². The number of halogens is 4. The van der Waals surface area contributed by atoms with Crippen LogP contribution in [0.1, 0.15) is 17.2 Å². The summed E-state index contributed by atoms with van der Waals surface area (Å²) in [5.41, 5.74) is 1.07. The van der Waals surface area contributed by atoms with E-state index in [1.165, 1.54) is 0 Å². The van der Waals surface area contributed by atoms with Gasteiger partial charge in [0.05, 0.1) is 17.7 Å². The summed E-state index contributed by atoms with van der Waals surface area (Å²) in [7, 11) is 0. The Hall–Kier alpha value is -0.930. The Morgan fingerprint density at radius 2 is 1.65 bits per heavy atom. The average molecular weight is 324 g/mol. The molecule has 1 aliphatic rings. The van der Waals surface area contributed by atoms with Crippen LogP contribution >= 0.6 is 24.8 Å². The first-order valence-electron chi connectivity index (χ1n) is 5.95. The first kappa shape index (κ1) is 19.1. The van der Waals surface area contributed by atoms with Crippen LogP contribution < -0.4 is 5.32 Å². The molecule has 0 bridgehead atoms. The van der Waals surface area contributed by atoms with E-state index in [0.29, 0.717) is 24.2 Å². The van der Waals surface area contributed by atoms with Gasteiger partial charge in [0.25, 0.3) is 6.43 Å². The highest BCUT2D eigenvalue weighted by Gasteiger charge is 2.29. The summed E-state index contributed by atoms with van der Waals surface area (Å²) in [4.78, 5) is 1.79. The Morgan fingerprint density at radius 1 is 1.10 bits per heavy atom. The Morgan fingerprint density at radius 3 is 2.10 bits per heavy atom. The molecule has 0 amide bonds. The smallest absolute Gasteiger partial charge is 0.258 e. The number of alkyl halides is 2. The van der Waals surface area contributed by atoms with E-state index in [1.54, 1.807) is 29.2 Å². The van der Waals surface area contributed by atoms with Gasteiger partial charge in [-0.15, -0.1) is 24.8 Å². The van der Waals surface area contributed by atoms with Gasteiger partial charge in [-0.05, 0) is 17.7 Å². The minimum atomic E-state index is -2.42. The molecule has 1 atom stereocenters. The van der Waals surface area contributed by atoms with Gasteiger partial charge in [0, 0.05) is 26.2 Å². The zero-order chi connectivity index (χ0) is 13.0. The lowest BCUT2D eigenvalue weighted by molar-refractivity contribution is 0.0182. The van der Waals surface area contributed by atoms with E-state index in [-0.39, 0.29) is 24.8 Å². The summed E-state index contributed by atoms with van der Waals surface area (Å²) in [6.45, 7) is 2.71. The molecule has 20 heavy (non-hydrogen) atoms. The van der Waals surface area contributed by atoms with Crippen LogP contribution in [0.4, 0.5) is 8.78 Å². The van der Waals surface area contributed by atoms with Crippen LogP contribution in [0.5, 0.6) is 0 Å². The Labute approximate surface area is 129 Å². The minimum Gasteiger partial charge on any atom is -0.314 e. The van der Waals surface area contributed by atoms with E-state index < -0.39 is 12.5 Å². The van der Waals surface area contributed by atoms with Crippen molar-refractivity contribution in [1.82, 2.24) is 10.2 Å². The Kier molecular flexibility index (Phi) is 8.67. The SMILES string of the molecule is Cl.Cl.N#Cc1ccc([C@@H](C(F)F)N2CCNCC2)cc1. The van der Waals surface area contributed by atoms with E-state index in [1.807, 2.05) is 6.07 Å². The molecule has 1 heterocycles. The maximum atomic E-state index is 13.2. The summed E-state index contributed by atoms with van der Waals surface area (Å²) in [6, 6.07) is 7.54. The van der Waals surface area contributed by atoms with Gasteiger partial charge in [-0.1, -0.05) is 12.1 Å². The number of hydrogen-bond acceptors (Lipinski definition) is 3. The molecule has 1 aliphatic heterocycles. The van der Waals surface area contributed by atoms with Crippen molar-refractivity contribution in [2.75, 3.05) is 26.2 Å². The monoisotopic (exact) mass is 323 g/mol. The lowest BCUT2D eigenvalue weighted by Crippen LogP contribution is -2.46. The van der Waals surface area contributed by atoms with Gasteiger partial charge in [0.1, 0.15) is 0 Å². The van der Waals surface area contributed by atoms with E-state index in [4.69, 9.17) is 5.26 Å². The molecule has 1 aromatic rings. The predicted molar refractivity (Wildman–Crippen MR) is 78.8 cm³/mol. The molecule has 0 unspecified atom stereocenters. The second kappa shape index (κ2) is 9.09. The van der Waals surface area contributed by atoms with Crippen molar-refractivity contribution in [1.29, 1.82) is 5.26 Å². The van der Waals surface area contributed by atoms with Crippen molar-refractivity contribution in [3.05, 3.63) is 35.4 Å². The van der Waals surface area contributed by atoms with Gasteiger partial charge in [-0.2, -0.15) is 5.26 Å². The molecule has 1 aromatic carbocycles. The van der Waals surface area contributed by atoms with Gasteiger partial charge in [-0.3, -0.25) is 4.90 Å². The highest BCUT2D eigenvalue weighted by atomic mass is 35.5. The molecule has 2 rings (SSSR count). The van der Waals surface area contributed by atoms with Crippen LogP contribution in [0.2, 0.25) is 0 Å². The normalized spacial score (nSPS) is 16.7. The first-order valence-corrected chi connectivity index (χ1v) is 5.95. The van der Waals surface area contributed by atoms with E-state index in [2.05, 4.69) is 5.32 Å². The van der Waals surface area contributed by atoms with Gasteiger partial charge in [0.2, 0.25) is 0 Å². The quantitative estimate of drug-likeness (QED) is 0.929. The van der Waals surface area contributed by atoms with Crippen molar-refractivity contribution in [2.24, 2.45) is 0 Å². The maximum Gasteiger partial charge on any atom is 0.258 e. The van der Waals surface area contributed by atoms with Crippen LogP contribution in [0.15, 0.2) is 24.3 Å². The van der Waals surface area contributed by atoms with Crippen molar-refractivity contribution in [2.45, 2.75) is 12.5 Å². The molecule has 112 valence electrons. The third-order valence-corrected chi connectivity index (χ3v) is 3.16. The summed E-state index contributed by atoms with van der Waals surface area (Å²) in [5.74, 6) is 0. The van der Waals surface area contributed by atoms with Gasteiger partial charge >= 0.3 is 0 Å². The molecular formula is C13H17Cl2F2N3. The van der Waals surface area contributed by atoms with Crippen molar-refractivity contribution in [3.8, 4) is 6.07 Å². The number of nitrogens with zero attached hydrogens (tertiary/aromatic N) is 2. The standard InChI is InChI=1S/C13H15F2N3.2ClH/c14-13(15)12(18-7-5-17-6-8-18)11-3-1-10(9-16)2-4-11;;/h1-4,12-13,17H,5-8H2;2*1H/t12-;;/m0../s1. The Balaban J connectivity index is 0.00000180. The summed E-state index contributed by atoms with van der Waals surface area (Å²) < 4.78 is 26.4. The highest BCUT2D eigenvalue weighted by Crippen LogP contribution is 2.27. The molecule has 0 saturated carbocycles. The van der Waals surface area contributed by atoms with Gasteiger partial charge in [-0.25, -0.2) is 8.78 Å². The minimum absolute atomic E-state index is 0. The molecule has 0 spiro atoms. The molecule has 3 nitrogen and oxygen atoms in total. The second-order valence-electron chi connectivity index (χ2n) is 4.30. The molecular weight excluding hydrogens is 307 g/mol. The molecule has 0 aliphatic carbocycles. The topological polar surface area (TPSA) is 39.1 Å². The Bertz CT molecular complexity index is 428. The molecule has 1 saturated heterocycles. The molecule has 1 N–H and O–H groups in total. The number of hydrogen-bond donors (Lipinski definition) is 1. The number of nitriles is 1. The fourth-order valence-corrected chi connectivity index (χ4v) is 2.23. The summed E-state index contributed by atoms with van der Waals surface area (Å²) in [6.07, 6.45) is -2.42. The first-order chi connectivity index (χ1) is 8.72. The van der Waals surface area contributed by atoms with Crippen molar-refractivity contribution < 1.29 is 8.78 Å². The predicted octanol–water partition coefficient (Wildman–Crippen LogP) is 2.61. The van der Waals surface area contributed by atoms with Crippen LogP contribution in [0, 0.1) is 11.3 Å². The fourth-order valence-electron chi connectivity index (χ4n) is 2.23. The van der Waals surface area contributed by atoms with Gasteiger partial charge < -0.3 is 5.32 Å². The van der Waals surface area contributed by atoms with E-state index in [0.717, 1.165) is 13.1 Å². The summed E-state index contributed by atoms with van der Waals surface area (Å²) in [5, 5.41) is 11.9. The zero-order valence-electron chi connectivity index (χ0n) is 10.8. The number of piperazine rings is 1. The zero-order valence-corrected chi connectivity index (χ0v) is 12.4. The lowest BCUT2D eigenvalue weighted by atomic mass is 10.0. The van der Waals surface area contributed by atoms with E-state index >= 15 is 0 Å². The second-order valence-corrected chi connectivity index (χ2v) is 4.30. The maximum absolute atomic E-state index is 13.2. The fraction of sp³-hybridized carbons (Fsp3) is 0.462. The number of rotatable bonds is 3. The molecule has 1 fully saturated rings. The number of benzene rings is 1. The highest BCUT2D eigenvalue weighted by molar-refractivity contribution is 5.85. The molecule has 0 aromatic heterocycles. The van der Waals surface area contributed by atoms with E-state index in [9.17, 15) is 8.78 Å². The third kappa shape index (κ3) is 4.57. The van der Waals surface area contributed by atoms with Crippen LogP contribution in [-0.4, -0.2) is 37.5 Å². The largest absolute Gasteiger partial charge is 0.314 e.